The average molecular weight is 185 g/mol. The molecule has 1 amide bonds. The van der Waals surface area contributed by atoms with Crippen LogP contribution in [0.25, 0.3) is 0 Å². The minimum atomic E-state index is -1.64. The highest BCUT2D eigenvalue weighted by Gasteiger charge is 2.37. The van der Waals surface area contributed by atoms with Crippen LogP contribution < -0.4 is 0 Å². The van der Waals surface area contributed by atoms with Crippen LogP contribution in [0.3, 0.4) is 0 Å². The first kappa shape index (κ1) is 8.41. The summed E-state index contributed by atoms with van der Waals surface area (Å²) in [6.07, 6.45) is 1.42. The summed E-state index contributed by atoms with van der Waals surface area (Å²) in [4.78, 5) is 12.6. The van der Waals surface area contributed by atoms with Gasteiger partial charge in [-0.1, -0.05) is 13.0 Å². The Hall–Kier alpha value is -1.19. The fraction of sp³-hybridized carbons (Fsp3) is 0.444. The predicted molar refractivity (Wildman–Crippen MR) is 43.0 cm³/mol. The summed E-state index contributed by atoms with van der Waals surface area (Å²) in [5.41, 5.74) is 0.0931. The lowest BCUT2D eigenvalue weighted by atomic mass is 10.1. The fourth-order valence-electron chi connectivity index (χ4n) is 1.57. The Morgan fingerprint density at radius 1 is 1.62 bits per heavy atom. The molecule has 0 spiro atoms. The summed E-state index contributed by atoms with van der Waals surface area (Å²) in [7, 11) is 0. The van der Waals surface area contributed by atoms with E-state index in [-0.39, 0.29) is 24.1 Å². The molecular weight excluding hydrogens is 176 g/mol. The van der Waals surface area contributed by atoms with Crippen molar-refractivity contribution in [1.29, 1.82) is 0 Å². The molecule has 0 radical (unpaired) electrons. The van der Waals surface area contributed by atoms with Crippen molar-refractivity contribution >= 4 is 5.91 Å². The molecule has 2 unspecified atom stereocenters. The first-order chi connectivity index (χ1) is 6.11. The van der Waals surface area contributed by atoms with Crippen LogP contribution in [-0.2, 0) is 4.79 Å². The van der Waals surface area contributed by atoms with Crippen molar-refractivity contribution in [3.8, 4) is 0 Å². The van der Waals surface area contributed by atoms with Gasteiger partial charge in [0, 0.05) is 0 Å². The third-order valence-electron chi connectivity index (χ3n) is 2.35. The first-order valence-electron chi connectivity index (χ1n) is 4.14. The van der Waals surface area contributed by atoms with Crippen molar-refractivity contribution in [2.24, 2.45) is 5.92 Å². The van der Waals surface area contributed by atoms with Crippen LogP contribution in [0.15, 0.2) is 23.7 Å². The fourth-order valence-corrected chi connectivity index (χ4v) is 1.57. The Morgan fingerprint density at radius 2 is 2.31 bits per heavy atom. The van der Waals surface area contributed by atoms with E-state index in [2.05, 4.69) is 0 Å². The molecule has 2 rings (SSSR count). The summed E-state index contributed by atoms with van der Waals surface area (Å²) in [6, 6.07) is 0. The number of allylic oxidation sites excluding steroid dienone is 1. The maximum absolute atomic E-state index is 13.0. The molecule has 0 fully saturated rings. The zero-order valence-electron chi connectivity index (χ0n) is 7.13. The van der Waals surface area contributed by atoms with Gasteiger partial charge in [0.2, 0.25) is 5.91 Å². The topological polar surface area (TPSA) is 20.3 Å². The Balaban J connectivity index is 2.41. The molecule has 2 nitrogen and oxygen atoms in total. The molecular formula is C9H9F2NO. The van der Waals surface area contributed by atoms with E-state index < -0.39 is 12.0 Å². The van der Waals surface area contributed by atoms with E-state index in [4.69, 9.17) is 0 Å². The molecule has 0 saturated carbocycles. The maximum atomic E-state index is 13.0. The molecule has 0 aromatic rings. The van der Waals surface area contributed by atoms with Gasteiger partial charge in [0.25, 0.3) is 0 Å². The Kier molecular flexibility index (Phi) is 1.71. The number of hydrogen-bond acceptors (Lipinski definition) is 1. The standard InChI is InChI=1S/C9H9F2NO/c1-5-2-3-7-8(11)6(10)4-12(7)9(5)13/h2-3,5-6H,4H2,1H3. The molecule has 0 aromatic heterocycles. The van der Waals surface area contributed by atoms with E-state index >= 15 is 0 Å². The van der Waals surface area contributed by atoms with Crippen LogP contribution in [0, 0.1) is 5.92 Å². The van der Waals surface area contributed by atoms with E-state index in [1.54, 1.807) is 13.0 Å². The number of alkyl halides is 1. The molecule has 4 heteroatoms. The summed E-state index contributed by atoms with van der Waals surface area (Å²) >= 11 is 0. The molecule has 0 bridgehead atoms. The van der Waals surface area contributed by atoms with Crippen LogP contribution in [0.2, 0.25) is 0 Å². The summed E-state index contributed by atoms with van der Waals surface area (Å²) < 4.78 is 25.9. The third kappa shape index (κ3) is 1.08. The molecule has 13 heavy (non-hydrogen) atoms. The number of rotatable bonds is 0. The molecule has 2 heterocycles. The zero-order chi connectivity index (χ0) is 9.59. The Labute approximate surface area is 74.5 Å². The van der Waals surface area contributed by atoms with Gasteiger partial charge in [-0.15, -0.1) is 0 Å². The largest absolute Gasteiger partial charge is 0.306 e. The van der Waals surface area contributed by atoms with E-state index in [0.717, 1.165) is 0 Å². The summed E-state index contributed by atoms with van der Waals surface area (Å²) in [5.74, 6) is -1.33. The highest BCUT2D eigenvalue weighted by Crippen LogP contribution is 2.31. The second kappa shape index (κ2) is 2.65. The monoisotopic (exact) mass is 185 g/mol. The third-order valence-corrected chi connectivity index (χ3v) is 2.35. The number of hydrogen-bond donors (Lipinski definition) is 0. The molecule has 70 valence electrons. The quantitative estimate of drug-likeness (QED) is 0.560. The lowest BCUT2D eigenvalue weighted by molar-refractivity contribution is -0.131. The van der Waals surface area contributed by atoms with Crippen molar-refractivity contribution < 1.29 is 13.6 Å². The molecule has 0 N–H and O–H groups in total. The average Bonchev–Trinajstić information content (AvgIpc) is 2.38. The second-order valence-corrected chi connectivity index (χ2v) is 3.30. The van der Waals surface area contributed by atoms with Crippen molar-refractivity contribution in [2.45, 2.75) is 13.1 Å². The van der Waals surface area contributed by atoms with Gasteiger partial charge in [-0.05, 0) is 6.08 Å². The van der Waals surface area contributed by atoms with Gasteiger partial charge in [-0.3, -0.25) is 4.79 Å². The molecule has 0 aromatic carbocycles. The van der Waals surface area contributed by atoms with Crippen molar-refractivity contribution in [1.82, 2.24) is 4.90 Å². The summed E-state index contributed by atoms with van der Waals surface area (Å²) in [5, 5.41) is 0. The number of carbonyl (C=O) groups is 1. The minimum Gasteiger partial charge on any atom is -0.306 e. The lowest BCUT2D eigenvalue weighted by Gasteiger charge is -2.24. The van der Waals surface area contributed by atoms with Gasteiger partial charge in [0.05, 0.1) is 18.2 Å². The first-order valence-corrected chi connectivity index (χ1v) is 4.14. The van der Waals surface area contributed by atoms with E-state index in [0.29, 0.717) is 0 Å². The van der Waals surface area contributed by atoms with Gasteiger partial charge in [-0.2, -0.15) is 0 Å². The maximum Gasteiger partial charge on any atom is 0.233 e. The van der Waals surface area contributed by atoms with E-state index in [1.807, 2.05) is 0 Å². The molecule has 2 aliphatic rings. The van der Waals surface area contributed by atoms with Gasteiger partial charge in [0.15, 0.2) is 12.0 Å². The number of fused-ring (bicyclic) bond motifs is 1. The number of amides is 1. The SMILES string of the molecule is CC1C=CC2=C(F)C(F)CN2C1=O. The summed E-state index contributed by atoms with van der Waals surface area (Å²) in [6.45, 7) is 1.54. The Bertz CT molecular complexity index is 322. The van der Waals surface area contributed by atoms with Crippen molar-refractivity contribution in [3.05, 3.63) is 23.7 Å². The van der Waals surface area contributed by atoms with Gasteiger partial charge >= 0.3 is 0 Å². The minimum absolute atomic E-state index is 0.0931. The lowest BCUT2D eigenvalue weighted by Crippen LogP contribution is -2.35. The Morgan fingerprint density at radius 3 is 3.00 bits per heavy atom. The molecule has 0 aliphatic carbocycles. The highest BCUT2D eigenvalue weighted by atomic mass is 19.2. The zero-order valence-corrected chi connectivity index (χ0v) is 7.13. The second-order valence-electron chi connectivity index (χ2n) is 3.30. The van der Waals surface area contributed by atoms with Gasteiger partial charge in [0.1, 0.15) is 0 Å². The smallest absolute Gasteiger partial charge is 0.233 e. The predicted octanol–water partition coefficient (Wildman–Crippen LogP) is 1.55. The van der Waals surface area contributed by atoms with Crippen LogP contribution in [0.1, 0.15) is 6.92 Å². The van der Waals surface area contributed by atoms with Crippen molar-refractivity contribution in [2.75, 3.05) is 6.54 Å². The van der Waals surface area contributed by atoms with Gasteiger partial charge in [-0.25, -0.2) is 8.78 Å². The van der Waals surface area contributed by atoms with Crippen molar-refractivity contribution in [3.63, 3.8) is 0 Å². The van der Waals surface area contributed by atoms with E-state index in [1.165, 1.54) is 11.0 Å². The molecule has 2 aliphatic heterocycles. The van der Waals surface area contributed by atoms with Crippen LogP contribution in [0.5, 0.6) is 0 Å². The highest BCUT2D eigenvalue weighted by molar-refractivity contribution is 5.85. The van der Waals surface area contributed by atoms with Crippen LogP contribution >= 0.6 is 0 Å². The van der Waals surface area contributed by atoms with Gasteiger partial charge < -0.3 is 4.90 Å². The van der Waals surface area contributed by atoms with Crippen LogP contribution in [-0.4, -0.2) is 23.5 Å². The molecule has 2 atom stereocenters. The molecule has 0 saturated heterocycles. The number of halogens is 2. The van der Waals surface area contributed by atoms with E-state index in [9.17, 15) is 13.6 Å². The number of carbonyl (C=O) groups excluding carboxylic acids is 1. The van der Waals surface area contributed by atoms with Crippen LogP contribution in [0.4, 0.5) is 8.78 Å². The number of nitrogens with zero attached hydrogens (tertiary/aromatic N) is 1. The normalized spacial score (nSPS) is 32.8.